The summed E-state index contributed by atoms with van der Waals surface area (Å²) in [6.07, 6.45) is 0. The number of halogens is 2. The van der Waals surface area contributed by atoms with E-state index < -0.39 is 17.6 Å². The Bertz CT molecular complexity index is 660. The van der Waals surface area contributed by atoms with Gasteiger partial charge >= 0.3 is 5.97 Å². The number of hydrogen-bond donors (Lipinski definition) is 2. The number of benzene rings is 2. The van der Waals surface area contributed by atoms with E-state index in [9.17, 15) is 13.6 Å². The number of anilines is 3. The summed E-state index contributed by atoms with van der Waals surface area (Å²) in [6.45, 7) is 0. The van der Waals surface area contributed by atoms with E-state index in [1.807, 2.05) is 0 Å². The van der Waals surface area contributed by atoms with Crippen molar-refractivity contribution in [3.63, 3.8) is 0 Å². The average molecular weight is 278 g/mol. The number of rotatable bonds is 3. The van der Waals surface area contributed by atoms with Crippen molar-refractivity contribution in [1.29, 1.82) is 0 Å². The fourth-order valence-electron chi connectivity index (χ4n) is 1.68. The van der Waals surface area contributed by atoms with Gasteiger partial charge in [0.2, 0.25) is 0 Å². The highest BCUT2D eigenvalue weighted by Crippen LogP contribution is 2.26. The highest BCUT2D eigenvalue weighted by Gasteiger charge is 2.15. The molecule has 4 nitrogen and oxygen atoms in total. The van der Waals surface area contributed by atoms with Crippen LogP contribution in [-0.4, -0.2) is 13.1 Å². The molecule has 0 fully saturated rings. The van der Waals surface area contributed by atoms with Crippen LogP contribution in [0.3, 0.4) is 0 Å². The maximum absolute atomic E-state index is 13.8. The van der Waals surface area contributed by atoms with Crippen LogP contribution >= 0.6 is 0 Å². The Labute approximate surface area is 114 Å². The van der Waals surface area contributed by atoms with Crippen LogP contribution in [0.5, 0.6) is 0 Å². The van der Waals surface area contributed by atoms with Gasteiger partial charge in [-0.15, -0.1) is 0 Å². The van der Waals surface area contributed by atoms with Crippen LogP contribution in [-0.2, 0) is 4.74 Å². The molecule has 0 radical (unpaired) electrons. The standard InChI is InChI=1S/C14H12F2N2O2/c1-20-14(19)8-6-13(10(16)7-11(8)17)18-12-5-3-2-4-9(12)15/h2-7,18H,17H2,1H3. The number of nitrogens with two attached hydrogens (primary N) is 1. The lowest BCUT2D eigenvalue weighted by Crippen LogP contribution is -2.08. The minimum atomic E-state index is -0.696. The molecule has 0 saturated carbocycles. The number of methoxy groups -OCH3 is 1. The van der Waals surface area contributed by atoms with E-state index in [2.05, 4.69) is 10.1 Å². The second-order valence-corrected chi connectivity index (χ2v) is 4.02. The number of carbonyl (C=O) groups is 1. The first-order valence-corrected chi connectivity index (χ1v) is 5.72. The summed E-state index contributed by atoms with van der Waals surface area (Å²) in [6, 6.07) is 7.96. The van der Waals surface area contributed by atoms with Gasteiger partial charge < -0.3 is 15.8 Å². The SMILES string of the molecule is COC(=O)c1cc(Nc2ccccc2F)c(F)cc1N. The third-order valence-corrected chi connectivity index (χ3v) is 2.69. The van der Waals surface area contributed by atoms with E-state index in [0.29, 0.717) is 0 Å². The molecule has 2 rings (SSSR count). The predicted molar refractivity (Wildman–Crippen MR) is 71.8 cm³/mol. The lowest BCUT2D eigenvalue weighted by Gasteiger charge is -2.11. The Morgan fingerprint density at radius 1 is 1.15 bits per heavy atom. The molecule has 20 heavy (non-hydrogen) atoms. The van der Waals surface area contributed by atoms with Crippen molar-refractivity contribution in [2.75, 3.05) is 18.2 Å². The minimum absolute atomic E-state index is 0.00717. The van der Waals surface area contributed by atoms with Crippen molar-refractivity contribution in [3.05, 3.63) is 53.6 Å². The van der Waals surface area contributed by atoms with Crippen molar-refractivity contribution in [1.82, 2.24) is 0 Å². The lowest BCUT2D eigenvalue weighted by molar-refractivity contribution is 0.0602. The third-order valence-electron chi connectivity index (χ3n) is 2.69. The second kappa shape index (κ2) is 5.56. The summed E-state index contributed by atoms with van der Waals surface area (Å²) in [5, 5.41) is 2.57. The second-order valence-electron chi connectivity index (χ2n) is 4.02. The summed E-state index contributed by atoms with van der Waals surface area (Å²) in [5.74, 6) is -1.93. The molecule has 0 unspecified atom stereocenters. The molecule has 0 amide bonds. The number of para-hydroxylation sites is 1. The van der Waals surface area contributed by atoms with Crippen LogP contribution in [0.1, 0.15) is 10.4 Å². The van der Waals surface area contributed by atoms with Crippen molar-refractivity contribution in [2.24, 2.45) is 0 Å². The molecule has 6 heteroatoms. The summed E-state index contributed by atoms with van der Waals surface area (Å²) in [5.41, 5.74) is 5.53. The van der Waals surface area contributed by atoms with E-state index in [1.54, 1.807) is 6.07 Å². The van der Waals surface area contributed by atoms with Gasteiger partial charge in [0, 0.05) is 5.69 Å². The van der Waals surface area contributed by atoms with Gasteiger partial charge in [0.1, 0.15) is 11.6 Å². The maximum atomic E-state index is 13.8. The monoisotopic (exact) mass is 278 g/mol. The van der Waals surface area contributed by atoms with Gasteiger partial charge in [-0.3, -0.25) is 0 Å². The molecular weight excluding hydrogens is 266 g/mol. The van der Waals surface area contributed by atoms with E-state index in [1.165, 1.54) is 31.4 Å². The summed E-state index contributed by atoms with van der Waals surface area (Å²) < 4.78 is 31.9. The summed E-state index contributed by atoms with van der Waals surface area (Å²) in [4.78, 5) is 11.5. The number of esters is 1. The van der Waals surface area contributed by atoms with Crippen molar-refractivity contribution < 1.29 is 18.3 Å². The zero-order chi connectivity index (χ0) is 14.7. The highest BCUT2D eigenvalue weighted by atomic mass is 19.1. The topological polar surface area (TPSA) is 64.3 Å². The minimum Gasteiger partial charge on any atom is -0.465 e. The molecule has 2 aromatic rings. The average Bonchev–Trinajstić information content (AvgIpc) is 2.43. The molecule has 0 spiro atoms. The predicted octanol–water partition coefficient (Wildman–Crippen LogP) is 3.08. The van der Waals surface area contributed by atoms with Crippen molar-refractivity contribution >= 4 is 23.0 Å². The largest absolute Gasteiger partial charge is 0.465 e. The molecule has 0 aliphatic heterocycles. The van der Waals surface area contributed by atoms with Gasteiger partial charge in [0.25, 0.3) is 0 Å². The van der Waals surface area contributed by atoms with Gasteiger partial charge in [-0.1, -0.05) is 12.1 Å². The first-order valence-electron chi connectivity index (χ1n) is 5.72. The van der Waals surface area contributed by atoms with Crippen LogP contribution in [0.15, 0.2) is 36.4 Å². The molecule has 3 N–H and O–H groups in total. The smallest absolute Gasteiger partial charge is 0.340 e. The first-order chi connectivity index (χ1) is 9.52. The number of carbonyl (C=O) groups excluding carboxylic acids is 1. The Morgan fingerprint density at radius 3 is 2.50 bits per heavy atom. The van der Waals surface area contributed by atoms with E-state index in [4.69, 9.17) is 5.73 Å². The molecule has 0 aliphatic rings. The molecule has 0 saturated heterocycles. The van der Waals surface area contributed by atoms with Gasteiger partial charge in [0.05, 0.1) is 24.0 Å². The van der Waals surface area contributed by atoms with Gasteiger partial charge in [-0.05, 0) is 24.3 Å². The number of hydrogen-bond acceptors (Lipinski definition) is 4. The van der Waals surface area contributed by atoms with Gasteiger partial charge in [-0.2, -0.15) is 0 Å². The van der Waals surface area contributed by atoms with Crippen LogP contribution in [0.4, 0.5) is 25.8 Å². The van der Waals surface area contributed by atoms with Crippen LogP contribution in [0, 0.1) is 11.6 Å². The van der Waals surface area contributed by atoms with Crippen LogP contribution in [0.2, 0.25) is 0 Å². The van der Waals surface area contributed by atoms with Gasteiger partial charge in [-0.25, -0.2) is 13.6 Å². The third kappa shape index (κ3) is 2.69. The van der Waals surface area contributed by atoms with Crippen molar-refractivity contribution in [3.8, 4) is 0 Å². The molecular formula is C14H12F2N2O2. The Morgan fingerprint density at radius 2 is 1.85 bits per heavy atom. The van der Waals surface area contributed by atoms with E-state index >= 15 is 0 Å². The van der Waals surface area contributed by atoms with Crippen LogP contribution < -0.4 is 11.1 Å². The fourth-order valence-corrected chi connectivity index (χ4v) is 1.68. The number of ether oxygens (including phenoxy) is 1. The van der Waals surface area contributed by atoms with Crippen LogP contribution in [0.25, 0.3) is 0 Å². The zero-order valence-electron chi connectivity index (χ0n) is 10.6. The fraction of sp³-hybridized carbons (Fsp3) is 0.0714. The number of nitrogens with one attached hydrogen (secondary N) is 1. The quantitative estimate of drug-likeness (QED) is 0.669. The molecule has 0 heterocycles. The Hall–Kier alpha value is -2.63. The van der Waals surface area contributed by atoms with Crippen molar-refractivity contribution in [2.45, 2.75) is 0 Å². The molecule has 2 aromatic carbocycles. The normalized spacial score (nSPS) is 10.2. The molecule has 0 aliphatic carbocycles. The molecule has 0 bridgehead atoms. The van der Waals surface area contributed by atoms with E-state index in [-0.39, 0.29) is 22.6 Å². The first kappa shape index (κ1) is 13.8. The highest BCUT2D eigenvalue weighted by molar-refractivity contribution is 5.96. The number of nitrogen functional groups attached to an aromatic ring is 1. The molecule has 104 valence electrons. The summed E-state index contributed by atoms with van der Waals surface area (Å²) in [7, 11) is 1.19. The Kier molecular flexibility index (Phi) is 3.84. The molecule has 0 atom stereocenters. The zero-order valence-corrected chi connectivity index (χ0v) is 10.6. The van der Waals surface area contributed by atoms with Gasteiger partial charge in [0.15, 0.2) is 0 Å². The lowest BCUT2D eigenvalue weighted by atomic mass is 10.1. The molecule has 0 aromatic heterocycles. The maximum Gasteiger partial charge on any atom is 0.340 e. The Balaban J connectivity index is 2.42. The van der Waals surface area contributed by atoms with E-state index in [0.717, 1.165) is 6.07 Å². The summed E-state index contributed by atoms with van der Waals surface area (Å²) >= 11 is 0.